The first-order chi connectivity index (χ1) is 18.0. The van der Waals surface area contributed by atoms with Crippen LogP contribution in [0.5, 0.6) is 11.5 Å². The van der Waals surface area contributed by atoms with E-state index in [4.69, 9.17) is 21.1 Å². The number of hydrogen-bond acceptors (Lipinski definition) is 4. The van der Waals surface area contributed by atoms with Crippen molar-refractivity contribution in [3.05, 3.63) is 130 Å². The number of halogens is 1. The van der Waals surface area contributed by atoms with E-state index in [1.165, 1.54) is 0 Å². The van der Waals surface area contributed by atoms with Crippen LogP contribution >= 0.6 is 11.6 Å². The summed E-state index contributed by atoms with van der Waals surface area (Å²) in [6.07, 6.45) is 0.138. The SMILES string of the molecule is O=C(NC(Cc1ccc(OCc2ccccc2)cc1)C(=O)O)c1ccc(OCc2ccccc2Cl)cc1. The van der Waals surface area contributed by atoms with Crippen molar-refractivity contribution in [2.24, 2.45) is 0 Å². The van der Waals surface area contributed by atoms with Crippen LogP contribution in [0.1, 0.15) is 27.0 Å². The lowest BCUT2D eigenvalue weighted by molar-refractivity contribution is -0.139. The molecular formula is C30H26ClNO5. The molecule has 188 valence electrons. The van der Waals surface area contributed by atoms with E-state index in [0.717, 1.165) is 16.7 Å². The smallest absolute Gasteiger partial charge is 0.326 e. The van der Waals surface area contributed by atoms with Gasteiger partial charge in [-0.1, -0.05) is 72.3 Å². The molecule has 0 saturated heterocycles. The Hall–Kier alpha value is -4.29. The van der Waals surface area contributed by atoms with Crippen LogP contribution in [0.2, 0.25) is 5.02 Å². The fourth-order valence-electron chi connectivity index (χ4n) is 3.62. The number of rotatable bonds is 11. The highest BCUT2D eigenvalue weighted by atomic mass is 35.5. The topological polar surface area (TPSA) is 84.9 Å². The average molecular weight is 516 g/mol. The van der Waals surface area contributed by atoms with Crippen molar-refractivity contribution in [1.29, 1.82) is 0 Å². The molecule has 37 heavy (non-hydrogen) atoms. The molecule has 1 unspecified atom stereocenters. The lowest BCUT2D eigenvalue weighted by Crippen LogP contribution is -2.42. The zero-order valence-electron chi connectivity index (χ0n) is 20.0. The fourth-order valence-corrected chi connectivity index (χ4v) is 3.81. The van der Waals surface area contributed by atoms with Gasteiger partial charge in [-0.05, 0) is 53.6 Å². The molecule has 0 saturated carbocycles. The Bertz CT molecular complexity index is 1320. The van der Waals surface area contributed by atoms with Crippen molar-refractivity contribution in [2.45, 2.75) is 25.7 Å². The Morgan fingerprint density at radius 1 is 0.730 bits per heavy atom. The van der Waals surface area contributed by atoms with Crippen LogP contribution in [0, 0.1) is 0 Å². The summed E-state index contributed by atoms with van der Waals surface area (Å²) < 4.78 is 11.5. The second-order valence-corrected chi connectivity index (χ2v) is 8.80. The fraction of sp³-hybridized carbons (Fsp3) is 0.133. The predicted octanol–water partition coefficient (Wildman–Crippen LogP) is 5.92. The molecule has 0 spiro atoms. The number of aliphatic carboxylic acids is 1. The summed E-state index contributed by atoms with van der Waals surface area (Å²) >= 11 is 6.15. The van der Waals surface area contributed by atoms with Crippen LogP contribution in [0.25, 0.3) is 0 Å². The molecule has 0 aliphatic rings. The Morgan fingerprint density at radius 2 is 1.32 bits per heavy atom. The van der Waals surface area contributed by atoms with Crippen LogP contribution in [-0.4, -0.2) is 23.0 Å². The van der Waals surface area contributed by atoms with E-state index >= 15 is 0 Å². The highest BCUT2D eigenvalue weighted by molar-refractivity contribution is 6.31. The maximum Gasteiger partial charge on any atom is 0.326 e. The van der Waals surface area contributed by atoms with E-state index in [9.17, 15) is 14.7 Å². The van der Waals surface area contributed by atoms with Gasteiger partial charge in [0.05, 0.1) is 0 Å². The van der Waals surface area contributed by atoms with Crippen molar-refractivity contribution in [2.75, 3.05) is 0 Å². The minimum absolute atomic E-state index is 0.138. The standard InChI is InChI=1S/C30H26ClNO5/c31-27-9-5-4-8-24(27)20-37-26-16-12-23(13-17-26)29(33)32-28(30(34)35)18-21-10-14-25(15-11-21)36-19-22-6-2-1-3-7-22/h1-17,28H,18-20H2,(H,32,33)(H,34,35). The number of carbonyl (C=O) groups is 2. The zero-order chi connectivity index (χ0) is 26.0. The number of hydrogen-bond donors (Lipinski definition) is 2. The minimum Gasteiger partial charge on any atom is -0.489 e. The van der Waals surface area contributed by atoms with Gasteiger partial charge in [0.1, 0.15) is 30.8 Å². The summed E-state index contributed by atoms with van der Waals surface area (Å²) in [5, 5.41) is 12.9. The lowest BCUT2D eigenvalue weighted by atomic mass is 10.1. The first-order valence-electron chi connectivity index (χ1n) is 11.7. The maximum atomic E-state index is 12.7. The highest BCUT2D eigenvalue weighted by Gasteiger charge is 2.21. The molecule has 0 aliphatic heterocycles. The first kappa shape index (κ1) is 25.8. The Morgan fingerprint density at radius 3 is 1.97 bits per heavy atom. The minimum atomic E-state index is -1.11. The van der Waals surface area contributed by atoms with E-state index in [1.54, 1.807) is 54.6 Å². The molecule has 2 N–H and O–H groups in total. The molecule has 0 heterocycles. The van der Waals surface area contributed by atoms with Gasteiger partial charge < -0.3 is 19.9 Å². The van der Waals surface area contributed by atoms with Crippen molar-refractivity contribution in [1.82, 2.24) is 5.32 Å². The van der Waals surface area contributed by atoms with Crippen LogP contribution in [0.4, 0.5) is 0 Å². The van der Waals surface area contributed by atoms with Gasteiger partial charge in [-0.3, -0.25) is 4.79 Å². The van der Waals surface area contributed by atoms with Crippen LogP contribution < -0.4 is 14.8 Å². The summed E-state index contributed by atoms with van der Waals surface area (Å²) in [4.78, 5) is 24.5. The van der Waals surface area contributed by atoms with Crippen LogP contribution in [0.15, 0.2) is 103 Å². The summed E-state index contributed by atoms with van der Waals surface area (Å²) in [5.41, 5.74) is 3.01. The summed E-state index contributed by atoms with van der Waals surface area (Å²) in [7, 11) is 0. The van der Waals surface area contributed by atoms with Crippen molar-refractivity contribution in [3.63, 3.8) is 0 Å². The number of amides is 1. The molecule has 6 nitrogen and oxygen atoms in total. The largest absolute Gasteiger partial charge is 0.489 e. The molecule has 0 fully saturated rings. The molecule has 0 bridgehead atoms. The van der Waals surface area contributed by atoms with Crippen LogP contribution in [0.3, 0.4) is 0 Å². The van der Waals surface area contributed by atoms with Crippen molar-refractivity contribution in [3.8, 4) is 11.5 Å². The zero-order valence-corrected chi connectivity index (χ0v) is 20.7. The molecule has 4 aromatic carbocycles. The number of ether oxygens (including phenoxy) is 2. The second kappa shape index (κ2) is 12.6. The van der Waals surface area contributed by atoms with Crippen molar-refractivity contribution < 1.29 is 24.2 Å². The highest BCUT2D eigenvalue weighted by Crippen LogP contribution is 2.20. The lowest BCUT2D eigenvalue weighted by Gasteiger charge is -2.15. The van der Waals surface area contributed by atoms with Gasteiger partial charge in [0, 0.05) is 22.6 Å². The van der Waals surface area contributed by atoms with E-state index in [2.05, 4.69) is 5.32 Å². The molecule has 0 aliphatic carbocycles. The third-order valence-corrected chi connectivity index (χ3v) is 6.05. The van der Waals surface area contributed by atoms with Gasteiger partial charge >= 0.3 is 5.97 Å². The number of carboxylic acids is 1. The number of nitrogens with one attached hydrogen (secondary N) is 1. The van der Waals surface area contributed by atoms with E-state index in [1.807, 2.05) is 48.5 Å². The molecule has 4 aromatic rings. The van der Waals surface area contributed by atoms with Gasteiger partial charge in [-0.25, -0.2) is 4.79 Å². The molecular weight excluding hydrogens is 490 g/mol. The number of carbonyl (C=O) groups excluding carboxylic acids is 1. The molecule has 7 heteroatoms. The summed E-state index contributed by atoms with van der Waals surface area (Å²) in [6, 6.07) is 29.8. The Kier molecular flexibility index (Phi) is 8.79. The Labute approximate surface area is 220 Å². The normalized spacial score (nSPS) is 11.4. The summed E-state index contributed by atoms with van der Waals surface area (Å²) in [5.74, 6) is -0.341. The Balaban J connectivity index is 1.30. The third kappa shape index (κ3) is 7.59. The van der Waals surface area contributed by atoms with E-state index in [0.29, 0.717) is 35.3 Å². The molecule has 0 aromatic heterocycles. The number of carboxylic acid groups (broad SMARTS) is 1. The molecule has 1 atom stereocenters. The molecule has 4 rings (SSSR count). The van der Waals surface area contributed by atoms with Crippen LogP contribution in [-0.2, 0) is 24.4 Å². The van der Waals surface area contributed by atoms with Gasteiger partial charge in [-0.15, -0.1) is 0 Å². The quantitative estimate of drug-likeness (QED) is 0.259. The number of benzene rings is 4. The predicted molar refractivity (Wildman–Crippen MR) is 142 cm³/mol. The van der Waals surface area contributed by atoms with Gasteiger partial charge in [0.15, 0.2) is 0 Å². The first-order valence-corrected chi connectivity index (χ1v) is 12.1. The molecule has 0 radical (unpaired) electrons. The van der Waals surface area contributed by atoms with Gasteiger partial charge in [0.25, 0.3) is 5.91 Å². The van der Waals surface area contributed by atoms with Gasteiger partial charge in [-0.2, -0.15) is 0 Å². The van der Waals surface area contributed by atoms with Crippen molar-refractivity contribution >= 4 is 23.5 Å². The molecule has 1 amide bonds. The third-order valence-electron chi connectivity index (χ3n) is 5.68. The van der Waals surface area contributed by atoms with Gasteiger partial charge in [0.2, 0.25) is 0 Å². The average Bonchev–Trinajstić information content (AvgIpc) is 2.92. The second-order valence-electron chi connectivity index (χ2n) is 8.39. The van der Waals surface area contributed by atoms with E-state index < -0.39 is 17.9 Å². The van der Waals surface area contributed by atoms with E-state index in [-0.39, 0.29) is 6.42 Å². The monoisotopic (exact) mass is 515 g/mol. The maximum absolute atomic E-state index is 12.7. The summed E-state index contributed by atoms with van der Waals surface area (Å²) in [6.45, 7) is 0.736.